The number of nitrogens with one attached hydrogen (secondary N) is 1. The first-order valence-electron chi connectivity index (χ1n) is 10.2. The predicted octanol–water partition coefficient (Wildman–Crippen LogP) is 4.18. The van der Waals surface area contributed by atoms with Gasteiger partial charge in [0.2, 0.25) is 5.91 Å². The monoisotopic (exact) mass is 449 g/mol. The van der Waals surface area contributed by atoms with Crippen molar-refractivity contribution in [3.05, 3.63) is 57.5 Å². The van der Waals surface area contributed by atoms with Crippen LogP contribution in [0.4, 0.5) is 9.18 Å². The third-order valence-electron chi connectivity index (χ3n) is 4.60. The summed E-state index contributed by atoms with van der Waals surface area (Å²) in [5.41, 5.74) is 1.52. The van der Waals surface area contributed by atoms with E-state index in [-0.39, 0.29) is 24.3 Å². The van der Waals surface area contributed by atoms with Crippen molar-refractivity contribution in [3.63, 3.8) is 0 Å². The first-order chi connectivity index (χ1) is 14.6. The van der Waals surface area contributed by atoms with Gasteiger partial charge >= 0.3 is 6.03 Å². The average molecular weight is 450 g/mol. The molecule has 0 saturated heterocycles. The third-order valence-corrected chi connectivity index (χ3v) is 5.61. The molecule has 1 aromatic heterocycles. The Kier molecular flexibility index (Phi) is 9.00. The highest BCUT2D eigenvalue weighted by atomic mass is 32.1. The number of ether oxygens (including phenoxy) is 1. The molecular weight excluding hydrogens is 417 g/mol. The summed E-state index contributed by atoms with van der Waals surface area (Å²) >= 11 is 1.59. The SMILES string of the molecule is COCCN(CC(=O)N(Cc1ccc(F)cc1)Cc1sccc1C)C(=O)NC(C)(C)C. The van der Waals surface area contributed by atoms with Crippen LogP contribution >= 0.6 is 11.3 Å². The standard InChI is InChI=1S/C23H32FN3O3S/c1-17-10-13-31-20(17)15-27(14-18-6-8-19(24)9-7-18)21(28)16-26(11-12-30-5)22(29)25-23(2,3)4/h6-10,13H,11-12,14-16H2,1-5H3,(H,25,29). The van der Waals surface area contributed by atoms with Crippen molar-refractivity contribution in [2.75, 3.05) is 26.8 Å². The summed E-state index contributed by atoms with van der Waals surface area (Å²) in [5.74, 6) is -0.502. The van der Waals surface area contributed by atoms with Gasteiger partial charge in [0, 0.05) is 30.6 Å². The van der Waals surface area contributed by atoms with Crippen LogP contribution < -0.4 is 5.32 Å². The fourth-order valence-electron chi connectivity index (χ4n) is 2.90. The molecule has 0 unspecified atom stereocenters. The molecule has 2 rings (SSSR count). The highest BCUT2D eigenvalue weighted by molar-refractivity contribution is 7.10. The highest BCUT2D eigenvalue weighted by Gasteiger charge is 2.25. The molecule has 2 aromatic rings. The maximum absolute atomic E-state index is 13.3. The van der Waals surface area contributed by atoms with E-state index in [1.165, 1.54) is 17.0 Å². The maximum Gasteiger partial charge on any atom is 0.318 e. The van der Waals surface area contributed by atoms with Gasteiger partial charge < -0.3 is 19.9 Å². The highest BCUT2D eigenvalue weighted by Crippen LogP contribution is 2.20. The van der Waals surface area contributed by atoms with Crippen LogP contribution in [0, 0.1) is 12.7 Å². The van der Waals surface area contributed by atoms with Crippen LogP contribution in [0.2, 0.25) is 0 Å². The molecule has 170 valence electrons. The van der Waals surface area contributed by atoms with Crippen molar-refractivity contribution in [2.24, 2.45) is 0 Å². The normalized spacial score (nSPS) is 11.3. The van der Waals surface area contributed by atoms with Crippen molar-refractivity contribution in [3.8, 4) is 0 Å². The van der Waals surface area contributed by atoms with E-state index in [1.807, 2.05) is 39.1 Å². The van der Waals surface area contributed by atoms with E-state index in [1.54, 1.807) is 35.5 Å². The van der Waals surface area contributed by atoms with Crippen LogP contribution in [0.3, 0.4) is 0 Å². The number of methoxy groups -OCH3 is 1. The summed E-state index contributed by atoms with van der Waals surface area (Å²) in [6.45, 7) is 8.99. The molecule has 0 aliphatic heterocycles. The molecule has 1 aromatic carbocycles. The molecule has 8 heteroatoms. The maximum atomic E-state index is 13.3. The average Bonchev–Trinajstić information content (AvgIpc) is 3.09. The molecule has 0 atom stereocenters. The van der Waals surface area contributed by atoms with Gasteiger partial charge in [0.1, 0.15) is 12.4 Å². The Morgan fingerprint density at radius 1 is 1.10 bits per heavy atom. The molecule has 0 bridgehead atoms. The molecule has 0 fully saturated rings. The Morgan fingerprint density at radius 3 is 2.32 bits per heavy atom. The first-order valence-corrected chi connectivity index (χ1v) is 11.1. The van der Waals surface area contributed by atoms with Crippen LogP contribution in [0.25, 0.3) is 0 Å². The second kappa shape index (κ2) is 11.2. The van der Waals surface area contributed by atoms with E-state index in [4.69, 9.17) is 4.74 Å². The molecule has 3 amide bonds. The van der Waals surface area contributed by atoms with Gasteiger partial charge in [0.05, 0.1) is 13.2 Å². The zero-order valence-electron chi connectivity index (χ0n) is 18.9. The van der Waals surface area contributed by atoms with E-state index >= 15 is 0 Å². The topological polar surface area (TPSA) is 61.9 Å². The third kappa shape index (κ3) is 8.30. The quantitative estimate of drug-likeness (QED) is 0.625. The Labute approximate surface area is 188 Å². The van der Waals surface area contributed by atoms with Crippen molar-refractivity contribution in [1.29, 1.82) is 0 Å². The number of urea groups is 1. The van der Waals surface area contributed by atoms with Gasteiger partial charge in [0.25, 0.3) is 0 Å². The number of carbonyl (C=O) groups excluding carboxylic acids is 2. The number of hydrogen-bond donors (Lipinski definition) is 1. The number of rotatable bonds is 9. The molecule has 6 nitrogen and oxygen atoms in total. The van der Waals surface area contributed by atoms with Gasteiger partial charge in [-0.25, -0.2) is 9.18 Å². The lowest BCUT2D eigenvalue weighted by molar-refractivity contribution is -0.133. The number of thiophene rings is 1. The van der Waals surface area contributed by atoms with Gasteiger partial charge in [-0.3, -0.25) is 4.79 Å². The summed E-state index contributed by atoms with van der Waals surface area (Å²) in [7, 11) is 1.56. The van der Waals surface area contributed by atoms with E-state index in [0.717, 1.165) is 16.0 Å². The number of hydrogen-bond acceptors (Lipinski definition) is 4. The minimum Gasteiger partial charge on any atom is -0.383 e. The zero-order valence-corrected chi connectivity index (χ0v) is 19.7. The number of nitrogens with zero attached hydrogens (tertiary/aromatic N) is 2. The Bertz CT molecular complexity index is 862. The lowest BCUT2D eigenvalue weighted by Gasteiger charge is -2.30. The Hall–Kier alpha value is -2.45. The zero-order chi connectivity index (χ0) is 23.0. The molecule has 0 aliphatic rings. The van der Waals surface area contributed by atoms with Crippen molar-refractivity contribution in [1.82, 2.24) is 15.1 Å². The van der Waals surface area contributed by atoms with Gasteiger partial charge in [0.15, 0.2) is 0 Å². The lowest BCUT2D eigenvalue weighted by atomic mass is 10.1. The first kappa shape index (κ1) is 24.8. The van der Waals surface area contributed by atoms with Crippen LogP contribution in [-0.4, -0.2) is 54.1 Å². The van der Waals surface area contributed by atoms with Crippen LogP contribution in [-0.2, 0) is 22.6 Å². The Morgan fingerprint density at radius 2 is 1.77 bits per heavy atom. The molecule has 0 spiro atoms. The van der Waals surface area contributed by atoms with E-state index < -0.39 is 5.54 Å². The van der Waals surface area contributed by atoms with Crippen molar-refractivity contribution >= 4 is 23.3 Å². The van der Waals surface area contributed by atoms with Crippen LogP contribution in [0.5, 0.6) is 0 Å². The summed E-state index contributed by atoms with van der Waals surface area (Å²) < 4.78 is 18.4. The van der Waals surface area contributed by atoms with E-state index in [9.17, 15) is 14.0 Å². The summed E-state index contributed by atoms with van der Waals surface area (Å²) in [6, 6.07) is 7.82. The number of amides is 3. The number of carbonyl (C=O) groups is 2. The van der Waals surface area contributed by atoms with Gasteiger partial charge in [-0.1, -0.05) is 12.1 Å². The second-order valence-corrected chi connectivity index (χ2v) is 9.50. The molecule has 0 saturated carbocycles. The van der Waals surface area contributed by atoms with E-state index in [0.29, 0.717) is 26.2 Å². The summed E-state index contributed by atoms with van der Waals surface area (Å²) in [4.78, 5) is 30.3. The molecule has 31 heavy (non-hydrogen) atoms. The summed E-state index contributed by atoms with van der Waals surface area (Å²) in [5, 5.41) is 4.90. The van der Waals surface area contributed by atoms with Crippen LogP contribution in [0.15, 0.2) is 35.7 Å². The second-order valence-electron chi connectivity index (χ2n) is 8.50. The van der Waals surface area contributed by atoms with E-state index in [2.05, 4.69) is 5.32 Å². The van der Waals surface area contributed by atoms with Crippen LogP contribution in [0.1, 0.15) is 36.8 Å². The minimum absolute atomic E-state index is 0.0725. The van der Waals surface area contributed by atoms with Gasteiger partial charge in [-0.05, 0) is 62.4 Å². The van der Waals surface area contributed by atoms with Gasteiger partial charge in [-0.2, -0.15) is 0 Å². The minimum atomic E-state index is -0.423. The number of aryl methyl sites for hydroxylation is 1. The fourth-order valence-corrected chi connectivity index (χ4v) is 3.82. The van der Waals surface area contributed by atoms with Crippen molar-refractivity contribution < 1.29 is 18.7 Å². The Balaban J connectivity index is 2.20. The largest absolute Gasteiger partial charge is 0.383 e. The molecular formula is C23H32FN3O3S. The molecule has 0 aliphatic carbocycles. The fraction of sp³-hybridized carbons (Fsp3) is 0.478. The molecule has 1 heterocycles. The molecule has 0 radical (unpaired) electrons. The lowest BCUT2D eigenvalue weighted by Crippen LogP contribution is -2.52. The smallest absolute Gasteiger partial charge is 0.318 e. The predicted molar refractivity (Wildman–Crippen MR) is 121 cm³/mol. The molecule has 1 N–H and O–H groups in total. The summed E-state index contributed by atoms with van der Waals surface area (Å²) in [6.07, 6.45) is 0. The van der Waals surface area contributed by atoms with Crippen molar-refractivity contribution in [2.45, 2.75) is 46.3 Å². The number of benzene rings is 1. The number of halogens is 1. The van der Waals surface area contributed by atoms with Gasteiger partial charge in [-0.15, -0.1) is 11.3 Å².